The molecule has 6 nitrogen and oxygen atoms in total. The summed E-state index contributed by atoms with van der Waals surface area (Å²) in [5.41, 5.74) is 1.71. The Balaban J connectivity index is 1.38. The van der Waals surface area contributed by atoms with Crippen LogP contribution in [0.1, 0.15) is 11.3 Å². The molecule has 6 heteroatoms. The topological polar surface area (TPSA) is 63.9 Å². The van der Waals surface area contributed by atoms with Crippen molar-refractivity contribution in [3.63, 3.8) is 0 Å². The molecular formula is C19H18N2O4. The highest BCUT2D eigenvalue weighted by atomic mass is 16.7. The first kappa shape index (κ1) is 15.4. The quantitative estimate of drug-likeness (QED) is 0.791. The van der Waals surface area contributed by atoms with Crippen LogP contribution in [0.3, 0.4) is 0 Å². The van der Waals surface area contributed by atoms with Crippen LogP contribution in [-0.4, -0.2) is 24.8 Å². The minimum atomic E-state index is -0.183. The van der Waals surface area contributed by atoms with Gasteiger partial charge in [0.2, 0.25) is 6.79 Å². The first-order valence-electron chi connectivity index (χ1n) is 8.04. The van der Waals surface area contributed by atoms with E-state index in [0.29, 0.717) is 24.6 Å². The van der Waals surface area contributed by atoms with Crippen LogP contribution in [-0.2, 0) is 13.1 Å². The number of furan rings is 1. The molecule has 2 amide bonds. The molecule has 1 aliphatic rings. The van der Waals surface area contributed by atoms with Crippen LogP contribution in [0.2, 0.25) is 0 Å². The molecule has 1 aromatic heterocycles. The number of amides is 2. The van der Waals surface area contributed by atoms with Crippen molar-refractivity contribution < 1.29 is 18.7 Å². The molecule has 0 unspecified atom stereocenters. The Morgan fingerprint density at radius 2 is 2.04 bits per heavy atom. The van der Waals surface area contributed by atoms with Crippen molar-refractivity contribution in [2.45, 2.75) is 13.1 Å². The van der Waals surface area contributed by atoms with Gasteiger partial charge in [0.25, 0.3) is 0 Å². The highest BCUT2D eigenvalue weighted by Gasteiger charge is 2.18. The molecule has 0 saturated heterocycles. The molecule has 0 atom stereocenters. The number of nitrogens with one attached hydrogen (secondary N) is 1. The monoisotopic (exact) mass is 338 g/mol. The van der Waals surface area contributed by atoms with Crippen molar-refractivity contribution in [1.29, 1.82) is 0 Å². The first-order valence-corrected chi connectivity index (χ1v) is 8.04. The van der Waals surface area contributed by atoms with Crippen LogP contribution in [0.25, 0.3) is 11.0 Å². The van der Waals surface area contributed by atoms with E-state index in [1.165, 1.54) is 0 Å². The highest BCUT2D eigenvalue weighted by Crippen LogP contribution is 2.35. The fraction of sp³-hybridized carbons (Fsp3) is 0.211. The van der Waals surface area contributed by atoms with Crippen LogP contribution in [0.5, 0.6) is 11.5 Å². The van der Waals surface area contributed by atoms with E-state index in [2.05, 4.69) is 5.32 Å². The van der Waals surface area contributed by atoms with Gasteiger partial charge in [-0.2, -0.15) is 0 Å². The fourth-order valence-corrected chi connectivity index (χ4v) is 2.86. The van der Waals surface area contributed by atoms with E-state index in [9.17, 15) is 4.79 Å². The molecule has 128 valence electrons. The molecular weight excluding hydrogens is 320 g/mol. The van der Waals surface area contributed by atoms with Crippen LogP contribution in [0, 0.1) is 0 Å². The lowest BCUT2D eigenvalue weighted by Crippen LogP contribution is -2.36. The van der Waals surface area contributed by atoms with Gasteiger partial charge in [-0.15, -0.1) is 0 Å². The molecule has 1 aliphatic heterocycles. The number of hydrogen-bond acceptors (Lipinski definition) is 4. The average Bonchev–Trinajstić information content (AvgIpc) is 3.25. The van der Waals surface area contributed by atoms with Gasteiger partial charge in [0.15, 0.2) is 11.5 Å². The standard InChI is InChI=1S/C19H18N2O4/c1-21(11-15-9-13-5-2-3-7-16(13)25-15)19(22)20-10-14-6-4-8-17-18(14)24-12-23-17/h2-9H,10-12H2,1H3,(H,20,22). The number of benzene rings is 2. The smallest absolute Gasteiger partial charge is 0.317 e. The number of nitrogens with zero attached hydrogens (tertiary/aromatic N) is 1. The summed E-state index contributed by atoms with van der Waals surface area (Å²) in [5.74, 6) is 2.15. The molecule has 1 N–H and O–H groups in total. The molecule has 25 heavy (non-hydrogen) atoms. The molecule has 2 heterocycles. The number of rotatable bonds is 4. The number of ether oxygens (including phenoxy) is 2. The van der Waals surface area contributed by atoms with E-state index in [1.54, 1.807) is 11.9 Å². The van der Waals surface area contributed by atoms with Crippen molar-refractivity contribution >= 4 is 17.0 Å². The molecule has 0 aliphatic carbocycles. The van der Waals surface area contributed by atoms with E-state index < -0.39 is 0 Å². The maximum atomic E-state index is 12.3. The lowest BCUT2D eigenvalue weighted by Gasteiger charge is -2.17. The predicted octanol–water partition coefficient (Wildman–Crippen LogP) is 3.50. The number of urea groups is 1. The molecule has 4 rings (SSSR count). The molecule has 0 spiro atoms. The summed E-state index contributed by atoms with van der Waals surface area (Å²) in [5, 5.41) is 3.92. The molecule has 2 aromatic carbocycles. The summed E-state index contributed by atoms with van der Waals surface area (Å²) in [4.78, 5) is 13.9. The first-order chi connectivity index (χ1) is 12.2. The molecule has 0 saturated carbocycles. The Morgan fingerprint density at radius 3 is 2.92 bits per heavy atom. The zero-order valence-corrected chi connectivity index (χ0v) is 13.8. The summed E-state index contributed by atoms with van der Waals surface area (Å²) in [6, 6.07) is 15.2. The van der Waals surface area contributed by atoms with Gasteiger partial charge in [0.1, 0.15) is 11.3 Å². The third-order valence-electron chi connectivity index (χ3n) is 4.12. The Hall–Kier alpha value is -3.15. The van der Waals surface area contributed by atoms with Gasteiger partial charge in [-0.1, -0.05) is 30.3 Å². The average molecular weight is 338 g/mol. The number of para-hydroxylation sites is 2. The van der Waals surface area contributed by atoms with E-state index in [4.69, 9.17) is 13.9 Å². The van der Waals surface area contributed by atoms with Crippen LogP contribution < -0.4 is 14.8 Å². The zero-order chi connectivity index (χ0) is 17.2. The normalized spacial score (nSPS) is 12.4. The Kier molecular flexibility index (Phi) is 3.93. The summed E-state index contributed by atoms with van der Waals surface area (Å²) in [6.45, 7) is 0.981. The zero-order valence-electron chi connectivity index (χ0n) is 13.8. The van der Waals surface area contributed by atoms with Gasteiger partial charge in [-0.3, -0.25) is 0 Å². The number of carbonyl (C=O) groups is 1. The number of carbonyl (C=O) groups excluding carboxylic acids is 1. The lowest BCUT2D eigenvalue weighted by atomic mass is 10.2. The number of fused-ring (bicyclic) bond motifs is 2. The minimum Gasteiger partial charge on any atom is -0.459 e. The Labute approximate surface area is 144 Å². The SMILES string of the molecule is CN(Cc1cc2ccccc2o1)C(=O)NCc1cccc2c1OCO2. The summed E-state index contributed by atoms with van der Waals surface area (Å²) in [6.07, 6.45) is 0. The Morgan fingerprint density at radius 1 is 1.16 bits per heavy atom. The summed E-state index contributed by atoms with van der Waals surface area (Å²) < 4.78 is 16.5. The minimum absolute atomic E-state index is 0.183. The second-order valence-corrected chi connectivity index (χ2v) is 5.92. The largest absolute Gasteiger partial charge is 0.459 e. The van der Waals surface area contributed by atoms with Gasteiger partial charge < -0.3 is 24.1 Å². The maximum Gasteiger partial charge on any atom is 0.317 e. The van der Waals surface area contributed by atoms with Crippen LogP contribution in [0.15, 0.2) is 52.9 Å². The summed E-state index contributed by atoms with van der Waals surface area (Å²) in [7, 11) is 1.73. The van der Waals surface area contributed by atoms with Crippen molar-refractivity contribution in [2.75, 3.05) is 13.8 Å². The van der Waals surface area contributed by atoms with Crippen molar-refractivity contribution in [3.8, 4) is 11.5 Å². The molecule has 0 bridgehead atoms. The van der Waals surface area contributed by atoms with E-state index in [-0.39, 0.29) is 12.8 Å². The highest BCUT2D eigenvalue weighted by molar-refractivity contribution is 5.78. The van der Waals surface area contributed by atoms with E-state index >= 15 is 0 Å². The van der Waals surface area contributed by atoms with Crippen LogP contribution in [0.4, 0.5) is 4.79 Å². The molecule has 0 radical (unpaired) electrons. The maximum absolute atomic E-state index is 12.3. The van der Waals surface area contributed by atoms with Gasteiger partial charge in [-0.25, -0.2) is 4.79 Å². The lowest BCUT2D eigenvalue weighted by molar-refractivity contribution is 0.173. The van der Waals surface area contributed by atoms with Gasteiger partial charge in [-0.05, 0) is 18.2 Å². The van der Waals surface area contributed by atoms with Crippen molar-refractivity contribution in [1.82, 2.24) is 10.2 Å². The predicted molar refractivity (Wildman–Crippen MR) is 92.5 cm³/mol. The molecule has 0 fully saturated rings. The van der Waals surface area contributed by atoms with E-state index in [0.717, 1.165) is 22.3 Å². The number of hydrogen-bond donors (Lipinski definition) is 1. The van der Waals surface area contributed by atoms with Crippen LogP contribution >= 0.6 is 0 Å². The van der Waals surface area contributed by atoms with E-state index in [1.807, 2.05) is 48.5 Å². The Bertz CT molecular complexity index is 886. The third kappa shape index (κ3) is 3.10. The van der Waals surface area contributed by atoms with Crippen molar-refractivity contribution in [3.05, 3.63) is 59.9 Å². The van der Waals surface area contributed by atoms with Gasteiger partial charge in [0.05, 0.1) is 6.54 Å². The third-order valence-corrected chi connectivity index (χ3v) is 4.12. The van der Waals surface area contributed by atoms with Gasteiger partial charge >= 0.3 is 6.03 Å². The second-order valence-electron chi connectivity index (χ2n) is 5.92. The van der Waals surface area contributed by atoms with Gasteiger partial charge in [0, 0.05) is 24.5 Å². The second kappa shape index (κ2) is 6.39. The summed E-state index contributed by atoms with van der Waals surface area (Å²) >= 11 is 0. The molecule has 3 aromatic rings. The fourth-order valence-electron chi connectivity index (χ4n) is 2.86. The van der Waals surface area contributed by atoms with Crippen molar-refractivity contribution in [2.24, 2.45) is 0 Å².